The molecule has 0 bridgehead atoms. The Morgan fingerprint density at radius 3 is 2.42 bits per heavy atom. The Bertz CT molecular complexity index is 1030. The van der Waals surface area contributed by atoms with E-state index in [1.807, 2.05) is 12.1 Å². The quantitative estimate of drug-likeness (QED) is 0.520. The third-order valence-electron chi connectivity index (χ3n) is 7.66. The molecule has 3 fully saturated rings. The van der Waals surface area contributed by atoms with Crippen molar-refractivity contribution >= 4 is 17.3 Å². The summed E-state index contributed by atoms with van der Waals surface area (Å²) in [5.41, 5.74) is 0.708. The normalized spacial score (nSPS) is 20.7. The summed E-state index contributed by atoms with van der Waals surface area (Å²) >= 11 is 0. The Balaban J connectivity index is 1.12. The molecule has 1 spiro atoms. The van der Waals surface area contributed by atoms with Gasteiger partial charge in [-0.2, -0.15) is 0 Å². The number of ether oxygens (including phenoxy) is 2. The summed E-state index contributed by atoms with van der Waals surface area (Å²) in [7, 11) is 0. The number of nitrogens with zero attached hydrogens (tertiary/aromatic N) is 3. The second-order valence-electron chi connectivity index (χ2n) is 10.1. The van der Waals surface area contributed by atoms with Gasteiger partial charge in [-0.1, -0.05) is 6.42 Å². The molecule has 0 saturated carbocycles. The summed E-state index contributed by atoms with van der Waals surface area (Å²) in [6.45, 7) is 5.97. The predicted octanol–water partition coefficient (Wildman–Crippen LogP) is 4.62. The van der Waals surface area contributed by atoms with E-state index in [1.165, 1.54) is 49.4 Å². The highest BCUT2D eigenvalue weighted by molar-refractivity contribution is 5.95. The summed E-state index contributed by atoms with van der Waals surface area (Å²) in [5.74, 6) is -0.808. The van der Waals surface area contributed by atoms with Crippen LogP contribution in [0.4, 0.5) is 20.2 Å². The Hall–Kier alpha value is -2.71. The van der Waals surface area contributed by atoms with Gasteiger partial charge in [-0.25, -0.2) is 8.78 Å². The summed E-state index contributed by atoms with van der Waals surface area (Å²) < 4.78 is 39.7. The van der Waals surface area contributed by atoms with Crippen molar-refractivity contribution in [1.82, 2.24) is 4.90 Å². The molecule has 3 heterocycles. The number of hydrogen-bond acceptors (Lipinski definition) is 5. The van der Waals surface area contributed by atoms with E-state index in [9.17, 15) is 13.6 Å². The van der Waals surface area contributed by atoms with Gasteiger partial charge in [0.1, 0.15) is 24.0 Å². The standard InChI is InChI=1S/C28H35F2N3O3/c29-22-5-10-26(25(30)19-22)33-21-28(36-20-27(33)34)11-16-32(17-12-28)23-6-8-24(9-7-23)35-18-4-15-31-13-2-1-3-14-31/h5-10,19H,1-4,11-18,20-21H2. The monoisotopic (exact) mass is 499 g/mol. The van der Waals surface area contributed by atoms with E-state index in [0.717, 1.165) is 50.2 Å². The van der Waals surface area contributed by atoms with Crippen LogP contribution in [0.1, 0.15) is 38.5 Å². The molecule has 5 rings (SSSR count). The van der Waals surface area contributed by atoms with E-state index < -0.39 is 17.2 Å². The first-order chi connectivity index (χ1) is 17.5. The molecule has 3 saturated heterocycles. The average molecular weight is 500 g/mol. The second kappa shape index (κ2) is 11.1. The van der Waals surface area contributed by atoms with Crippen molar-refractivity contribution in [2.75, 3.05) is 62.3 Å². The van der Waals surface area contributed by atoms with Crippen LogP contribution in [0.15, 0.2) is 42.5 Å². The van der Waals surface area contributed by atoms with Crippen molar-refractivity contribution in [2.45, 2.75) is 44.1 Å². The first-order valence-corrected chi connectivity index (χ1v) is 13.1. The third-order valence-corrected chi connectivity index (χ3v) is 7.66. The lowest BCUT2D eigenvalue weighted by molar-refractivity contribution is -0.141. The molecule has 194 valence electrons. The maximum Gasteiger partial charge on any atom is 0.253 e. The smallest absolute Gasteiger partial charge is 0.253 e. The highest BCUT2D eigenvalue weighted by atomic mass is 19.1. The first kappa shape index (κ1) is 25.0. The number of morpholine rings is 1. The highest BCUT2D eigenvalue weighted by Gasteiger charge is 2.43. The molecule has 3 aliphatic heterocycles. The Morgan fingerprint density at radius 2 is 1.69 bits per heavy atom. The average Bonchev–Trinajstić information content (AvgIpc) is 2.90. The van der Waals surface area contributed by atoms with Crippen LogP contribution in [0.2, 0.25) is 0 Å². The van der Waals surface area contributed by atoms with Gasteiger partial charge in [0.25, 0.3) is 5.91 Å². The van der Waals surface area contributed by atoms with Gasteiger partial charge in [-0.15, -0.1) is 0 Å². The van der Waals surface area contributed by atoms with Crippen LogP contribution in [0.25, 0.3) is 0 Å². The summed E-state index contributed by atoms with van der Waals surface area (Å²) in [4.78, 5) is 18.7. The lowest BCUT2D eigenvalue weighted by atomic mass is 9.88. The number of halogens is 2. The zero-order valence-corrected chi connectivity index (χ0v) is 20.8. The minimum atomic E-state index is -0.730. The Morgan fingerprint density at radius 1 is 0.944 bits per heavy atom. The van der Waals surface area contributed by atoms with Crippen molar-refractivity contribution < 1.29 is 23.0 Å². The largest absolute Gasteiger partial charge is 0.494 e. The number of amides is 1. The van der Waals surface area contributed by atoms with Gasteiger partial charge < -0.3 is 24.2 Å². The molecule has 0 radical (unpaired) electrons. The van der Waals surface area contributed by atoms with Crippen LogP contribution in [-0.2, 0) is 9.53 Å². The third kappa shape index (κ3) is 5.81. The highest BCUT2D eigenvalue weighted by Crippen LogP contribution is 2.35. The van der Waals surface area contributed by atoms with E-state index >= 15 is 0 Å². The van der Waals surface area contributed by atoms with E-state index in [4.69, 9.17) is 9.47 Å². The van der Waals surface area contributed by atoms with Crippen molar-refractivity contribution in [3.05, 3.63) is 54.1 Å². The zero-order chi connectivity index (χ0) is 25.0. The molecule has 3 aliphatic rings. The van der Waals surface area contributed by atoms with Crippen molar-refractivity contribution in [3.63, 3.8) is 0 Å². The molecule has 0 aromatic heterocycles. The van der Waals surface area contributed by atoms with E-state index in [2.05, 4.69) is 21.9 Å². The predicted molar refractivity (Wildman–Crippen MR) is 136 cm³/mol. The molecule has 0 atom stereocenters. The van der Waals surface area contributed by atoms with Gasteiger partial charge in [0, 0.05) is 31.4 Å². The van der Waals surface area contributed by atoms with Crippen LogP contribution in [0.5, 0.6) is 5.75 Å². The van der Waals surface area contributed by atoms with Crippen molar-refractivity contribution in [2.24, 2.45) is 0 Å². The van der Waals surface area contributed by atoms with Gasteiger partial charge in [0.15, 0.2) is 0 Å². The van der Waals surface area contributed by atoms with Gasteiger partial charge >= 0.3 is 0 Å². The number of likely N-dealkylation sites (tertiary alicyclic amines) is 1. The van der Waals surface area contributed by atoms with Gasteiger partial charge in [0.2, 0.25) is 0 Å². The zero-order valence-electron chi connectivity index (χ0n) is 20.8. The maximum atomic E-state index is 14.4. The van der Waals surface area contributed by atoms with Gasteiger partial charge in [-0.3, -0.25) is 4.79 Å². The van der Waals surface area contributed by atoms with Crippen LogP contribution in [-0.4, -0.2) is 68.9 Å². The summed E-state index contributed by atoms with van der Waals surface area (Å²) in [6.07, 6.45) is 6.46. The topological polar surface area (TPSA) is 45.2 Å². The minimum absolute atomic E-state index is 0.0966. The lowest BCUT2D eigenvalue weighted by Crippen LogP contribution is -2.59. The van der Waals surface area contributed by atoms with E-state index in [0.29, 0.717) is 12.8 Å². The van der Waals surface area contributed by atoms with Crippen LogP contribution in [0, 0.1) is 11.6 Å². The molecule has 1 amide bonds. The van der Waals surface area contributed by atoms with E-state index in [1.54, 1.807) is 0 Å². The molecule has 36 heavy (non-hydrogen) atoms. The summed E-state index contributed by atoms with van der Waals surface area (Å²) in [6, 6.07) is 11.5. The van der Waals surface area contributed by atoms with Gasteiger partial charge in [-0.05, 0) is 81.6 Å². The Labute approximate surface area is 211 Å². The van der Waals surface area contributed by atoms with Gasteiger partial charge in [0.05, 0.1) is 24.4 Å². The second-order valence-corrected chi connectivity index (χ2v) is 10.1. The molecule has 6 nitrogen and oxygen atoms in total. The molecule has 0 N–H and O–H groups in total. The molecule has 2 aromatic carbocycles. The fourth-order valence-electron chi connectivity index (χ4n) is 5.52. The molecular formula is C28H35F2N3O3. The fraction of sp³-hybridized carbons (Fsp3) is 0.536. The number of anilines is 2. The van der Waals surface area contributed by atoms with Crippen molar-refractivity contribution in [1.29, 1.82) is 0 Å². The number of rotatable bonds is 7. The molecule has 8 heteroatoms. The molecule has 0 unspecified atom stereocenters. The van der Waals surface area contributed by atoms with E-state index in [-0.39, 0.29) is 24.7 Å². The van der Waals surface area contributed by atoms with Crippen molar-refractivity contribution in [3.8, 4) is 5.75 Å². The lowest BCUT2D eigenvalue weighted by Gasteiger charge is -2.47. The molecule has 0 aliphatic carbocycles. The number of benzene rings is 2. The minimum Gasteiger partial charge on any atom is -0.494 e. The number of piperidine rings is 2. The number of carbonyl (C=O) groups is 1. The fourth-order valence-corrected chi connectivity index (χ4v) is 5.52. The SMILES string of the molecule is O=C1COC2(CCN(c3ccc(OCCCN4CCCCC4)cc3)CC2)CN1c1ccc(F)cc1F. The Kier molecular flexibility index (Phi) is 7.72. The van der Waals surface area contributed by atoms with Crippen LogP contribution in [0.3, 0.4) is 0 Å². The molecule has 2 aromatic rings. The van der Waals surface area contributed by atoms with Crippen LogP contribution >= 0.6 is 0 Å². The maximum absolute atomic E-state index is 14.4. The molecular weight excluding hydrogens is 464 g/mol. The number of hydrogen-bond donors (Lipinski definition) is 0. The first-order valence-electron chi connectivity index (χ1n) is 13.1. The number of carbonyl (C=O) groups excluding carboxylic acids is 1. The summed E-state index contributed by atoms with van der Waals surface area (Å²) in [5, 5.41) is 0. The van der Waals surface area contributed by atoms with Crippen LogP contribution < -0.4 is 14.5 Å².